The first-order chi connectivity index (χ1) is 12.1. The molecule has 0 N–H and O–H groups in total. The van der Waals surface area contributed by atoms with Gasteiger partial charge in [-0.05, 0) is 28.1 Å². The van der Waals surface area contributed by atoms with Crippen molar-refractivity contribution in [3.8, 4) is 0 Å². The van der Waals surface area contributed by atoms with Gasteiger partial charge < -0.3 is 19.1 Å². The largest absolute Gasteiger partial charge is 0.466 e. The Morgan fingerprint density at radius 1 is 1.19 bits per heavy atom. The number of benzene rings is 1. The Morgan fingerprint density at radius 3 is 2.35 bits per heavy atom. The van der Waals surface area contributed by atoms with Gasteiger partial charge in [0.15, 0.2) is 0 Å². The molecule has 1 heterocycles. The maximum Gasteiger partial charge on any atom is 0.418 e. The van der Waals surface area contributed by atoms with Crippen molar-refractivity contribution in [1.29, 1.82) is 0 Å². The molecule has 1 aromatic rings. The van der Waals surface area contributed by atoms with Gasteiger partial charge in [0.05, 0.1) is 37.7 Å². The molecule has 0 aromatic heterocycles. The zero-order chi connectivity index (χ0) is 19.6. The number of carbonyl (C=O) groups is 2. The lowest BCUT2D eigenvalue weighted by Crippen LogP contribution is -2.40. The summed E-state index contributed by atoms with van der Waals surface area (Å²) < 4.78 is 67.7. The monoisotopic (exact) mass is 441 g/mol. The van der Waals surface area contributed by atoms with Crippen LogP contribution in [-0.4, -0.2) is 39.5 Å². The number of halogens is 5. The number of alkyl halides is 3. The Bertz CT molecular complexity index is 778. The number of rotatable bonds is 3. The third-order valence-electron chi connectivity index (χ3n) is 3.44. The lowest BCUT2D eigenvalue weighted by molar-refractivity contribution is -0.141. The molecule has 0 spiro atoms. The predicted octanol–water partition coefficient (Wildman–Crippen LogP) is 3.00. The molecule has 0 radical (unpaired) electrons. The van der Waals surface area contributed by atoms with Crippen LogP contribution >= 0.6 is 15.9 Å². The average Bonchev–Trinajstić information content (AvgIpc) is 2.58. The van der Waals surface area contributed by atoms with Gasteiger partial charge in [-0.1, -0.05) is 0 Å². The van der Waals surface area contributed by atoms with Crippen LogP contribution in [0.4, 0.5) is 23.2 Å². The quantitative estimate of drug-likeness (QED) is 0.530. The van der Waals surface area contributed by atoms with E-state index in [4.69, 9.17) is 4.74 Å². The van der Waals surface area contributed by atoms with Gasteiger partial charge in [-0.15, -0.1) is 0 Å². The summed E-state index contributed by atoms with van der Waals surface area (Å²) in [5, 5.41) is 0. The van der Waals surface area contributed by atoms with Crippen LogP contribution in [0.1, 0.15) is 5.56 Å². The van der Waals surface area contributed by atoms with Crippen molar-refractivity contribution in [2.45, 2.75) is 6.18 Å². The van der Waals surface area contributed by atoms with E-state index in [0.29, 0.717) is 0 Å². The van der Waals surface area contributed by atoms with Gasteiger partial charge in [0.2, 0.25) is 0 Å². The first kappa shape index (κ1) is 20.2. The Balaban J connectivity index is 2.77. The molecule has 2 rings (SSSR count). The van der Waals surface area contributed by atoms with Crippen LogP contribution in [0.3, 0.4) is 0 Å². The summed E-state index contributed by atoms with van der Waals surface area (Å²) in [6.45, 7) is -0.869. The zero-order valence-electron chi connectivity index (χ0n) is 13.4. The minimum atomic E-state index is -4.94. The number of anilines is 1. The van der Waals surface area contributed by atoms with Gasteiger partial charge in [-0.2, -0.15) is 13.2 Å². The number of carbonyl (C=O) groups excluding carboxylic acids is 2. The Morgan fingerprint density at radius 2 is 1.81 bits per heavy atom. The standard InChI is InChI=1S/C15H12BrF4NO5/c1-24-13(22)8-5-26-6-21(11(8)14(23)25-2)12-9(15(18,19)20)3-7(17)4-10(12)16/h3-4H,5-6H2,1-2H3. The fraction of sp³-hybridized carbons (Fsp3) is 0.333. The van der Waals surface area contributed by atoms with Crippen LogP contribution < -0.4 is 4.90 Å². The number of hydrogen-bond acceptors (Lipinski definition) is 6. The summed E-state index contributed by atoms with van der Waals surface area (Å²) in [7, 11) is 2.04. The molecule has 0 amide bonds. The lowest BCUT2D eigenvalue weighted by atomic mass is 10.1. The van der Waals surface area contributed by atoms with E-state index in [1.807, 2.05) is 0 Å². The molecule has 142 valence electrons. The predicted molar refractivity (Wildman–Crippen MR) is 83.5 cm³/mol. The summed E-state index contributed by atoms with van der Waals surface area (Å²) in [6.07, 6.45) is -4.94. The molecule has 1 aliphatic rings. The Labute approximate surface area is 153 Å². The molecule has 0 saturated carbocycles. The van der Waals surface area contributed by atoms with Crippen molar-refractivity contribution in [3.63, 3.8) is 0 Å². The molecule has 0 bridgehead atoms. The fourth-order valence-corrected chi connectivity index (χ4v) is 3.02. The molecule has 0 aliphatic carbocycles. The topological polar surface area (TPSA) is 65.1 Å². The summed E-state index contributed by atoms with van der Waals surface area (Å²) in [6, 6.07) is 1.08. The number of nitrogens with zero attached hydrogens (tertiary/aromatic N) is 1. The van der Waals surface area contributed by atoms with Gasteiger partial charge in [0.25, 0.3) is 0 Å². The Hall–Kier alpha value is -2.14. The number of methoxy groups -OCH3 is 2. The summed E-state index contributed by atoms with van der Waals surface area (Å²) in [4.78, 5) is 24.9. The second-order valence-corrected chi connectivity index (χ2v) is 5.85. The first-order valence-electron chi connectivity index (χ1n) is 6.93. The van der Waals surface area contributed by atoms with E-state index in [-0.39, 0.29) is 22.7 Å². The van der Waals surface area contributed by atoms with E-state index >= 15 is 0 Å². The van der Waals surface area contributed by atoms with Crippen molar-refractivity contribution < 1.29 is 41.4 Å². The minimum absolute atomic E-state index is 0.279. The van der Waals surface area contributed by atoms with Crippen LogP contribution in [0, 0.1) is 5.82 Å². The lowest BCUT2D eigenvalue weighted by Gasteiger charge is -2.33. The zero-order valence-corrected chi connectivity index (χ0v) is 15.0. The molecule has 0 fully saturated rings. The molecule has 0 atom stereocenters. The van der Waals surface area contributed by atoms with Crippen molar-refractivity contribution in [2.75, 3.05) is 32.5 Å². The van der Waals surface area contributed by atoms with Gasteiger partial charge in [-0.3, -0.25) is 0 Å². The smallest absolute Gasteiger partial charge is 0.418 e. The van der Waals surface area contributed by atoms with E-state index in [1.165, 1.54) is 0 Å². The molecule has 26 heavy (non-hydrogen) atoms. The maximum atomic E-state index is 13.5. The molecule has 1 aromatic carbocycles. The number of ether oxygens (including phenoxy) is 3. The van der Waals surface area contributed by atoms with Gasteiger partial charge in [0, 0.05) is 4.47 Å². The van der Waals surface area contributed by atoms with E-state index in [9.17, 15) is 27.2 Å². The third-order valence-corrected chi connectivity index (χ3v) is 4.04. The van der Waals surface area contributed by atoms with Crippen LogP contribution in [0.2, 0.25) is 0 Å². The number of esters is 2. The molecule has 0 unspecified atom stereocenters. The molecule has 11 heteroatoms. The highest BCUT2D eigenvalue weighted by Crippen LogP contribution is 2.43. The molecular weight excluding hydrogens is 430 g/mol. The highest BCUT2D eigenvalue weighted by molar-refractivity contribution is 9.10. The van der Waals surface area contributed by atoms with Crippen LogP contribution in [0.25, 0.3) is 0 Å². The van der Waals surface area contributed by atoms with E-state index in [1.54, 1.807) is 0 Å². The van der Waals surface area contributed by atoms with Crippen molar-refractivity contribution in [2.24, 2.45) is 0 Å². The highest BCUT2D eigenvalue weighted by Gasteiger charge is 2.41. The second kappa shape index (κ2) is 7.62. The summed E-state index contributed by atoms with van der Waals surface area (Å²) in [5.41, 5.74) is -2.76. The van der Waals surface area contributed by atoms with Crippen LogP contribution in [0.15, 0.2) is 27.9 Å². The van der Waals surface area contributed by atoms with Crippen LogP contribution in [-0.2, 0) is 30.0 Å². The number of hydrogen-bond donors (Lipinski definition) is 0. The SMILES string of the molecule is COC(=O)C1=C(C(=O)OC)N(c2c(Br)cc(F)cc2C(F)(F)F)COC1. The molecule has 0 saturated heterocycles. The molecule has 6 nitrogen and oxygen atoms in total. The van der Waals surface area contributed by atoms with Crippen molar-refractivity contribution in [1.82, 2.24) is 0 Å². The Kier molecular flexibility index (Phi) is 5.91. The second-order valence-electron chi connectivity index (χ2n) is 5.00. The third kappa shape index (κ3) is 3.83. The molecule has 1 aliphatic heterocycles. The van der Waals surface area contributed by atoms with E-state index < -0.39 is 47.6 Å². The summed E-state index contributed by atoms with van der Waals surface area (Å²) in [5.74, 6) is -3.18. The summed E-state index contributed by atoms with van der Waals surface area (Å²) >= 11 is 2.87. The van der Waals surface area contributed by atoms with Crippen molar-refractivity contribution in [3.05, 3.63) is 39.3 Å². The average molecular weight is 442 g/mol. The van der Waals surface area contributed by atoms with Gasteiger partial charge in [-0.25, -0.2) is 14.0 Å². The van der Waals surface area contributed by atoms with Gasteiger partial charge >= 0.3 is 18.1 Å². The first-order valence-corrected chi connectivity index (χ1v) is 7.72. The van der Waals surface area contributed by atoms with E-state index in [2.05, 4.69) is 25.4 Å². The van der Waals surface area contributed by atoms with Gasteiger partial charge in [0.1, 0.15) is 18.2 Å². The highest BCUT2D eigenvalue weighted by atomic mass is 79.9. The minimum Gasteiger partial charge on any atom is -0.466 e. The fourth-order valence-electron chi connectivity index (χ4n) is 2.38. The van der Waals surface area contributed by atoms with Crippen molar-refractivity contribution >= 4 is 33.6 Å². The molecular formula is C15H12BrF4NO5. The normalized spacial score (nSPS) is 15.1. The van der Waals surface area contributed by atoms with Crippen LogP contribution in [0.5, 0.6) is 0 Å². The maximum absolute atomic E-state index is 13.5. The van der Waals surface area contributed by atoms with E-state index in [0.717, 1.165) is 25.2 Å².